The van der Waals surface area contributed by atoms with Crippen molar-refractivity contribution in [1.29, 1.82) is 0 Å². The van der Waals surface area contributed by atoms with Crippen LogP contribution in [0.3, 0.4) is 0 Å². The molecule has 1 aliphatic rings. The summed E-state index contributed by atoms with van der Waals surface area (Å²) in [7, 11) is 0. The van der Waals surface area contributed by atoms with E-state index in [9.17, 15) is 4.79 Å². The van der Waals surface area contributed by atoms with E-state index < -0.39 is 5.97 Å². The zero-order valence-electron chi connectivity index (χ0n) is 8.84. The van der Waals surface area contributed by atoms with Crippen molar-refractivity contribution >= 4 is 11.7 Å². The molecular weight excluding hydrogens is 210 g/mol. The van der Waals surface area contributed by atoms with Gasteiger partial charge >= 0.3 is 5.97 Å². The molecule has 0 bridgehead atoms. The summed E-state index contributed by atoms with van der Waals surface area (Å²) in [5.41, 5.74) is 6.19. The summed E-state index contributed by atoms with van der Waals surface area (Å²) in [6.07, 6.45) is 2.56. The minimum Gasteiger partial charge on any atom is -0.478 e. The van der Waals surface area contributed by atoms with Crippen molar-refractivity contribution in [2.45, 2.75) is 6.92 Å². The van der Waals surface area contributed by atoms with Crippen LogP contribution in [-0.2, 0) is 4.79 Å². The van der Waals surface area contributed by atoms with Crippen LogP contribution in [-0.4, -0.2) is 17.9 Å². The van der Waals surface area contributed by atoms with E-state index in [0.717, 1.165) is 17.6 Å². The summed E-state index contributed by atoms with van der Waals surface area (Å²) in [6, 6.07) is 5.34. The predicted molar refractivity (Wildman–Crippen MR) is 59.4 cm³/mol. The number of fused-ring (bicyclic) bond motifs is 1. The van der Waals surface area contributed by atoms with E-state index in [4.69, 9.17) is 20.3 Å². The molecule has 5 heteroatoms. The Balaban J connectivity index is 0.000000187. The first-order valence-electron chi connectivity index (χ1n) is 4.64. The number of allylic oxidation sites excluding steroid dienone is 1. The molecule has 0 amide bonds. The minimum atomic E-state index is -0.891. The number of carboxylic acids is 1. The molecule has 0 unspecified atom stereocenters. The van der Waals surface area contributed by atoms with Gasteiger partial charge in [-0.2, -0.15) is 0 Å². The lowest BCUT2D eigenvalue weighted by molar-refractivity contribution is -0.131. The molecule has 16 heavy (non-hydrogen) atoms. The molecule has 1 aromatic rings. The summed E-state index contributed by atoms with van der Waals surface area (Å²) in [4.78, 5) is 9.51. The Morgan fingerprint density at radius 2 is 2.12 bits per heavy atom. The number of ether oxygens (including phenoxy) is 2. The minimum absolute atomic E-state index is 0.304. The molecule has 0 saturated carbocycles. The Morgan fingerprint density at radius 3 is 2.69 bits per heavy atom. The summed E-state index contributed by atoms with van der Waals surface area (Å²) in [5.74, 6) is 0.617. The number of rotatable bonds is 1. The van der Waals surface area contributed by atoms with E-state index in [0.29, 0.717) is 12.5 Å². The number of nitrogen functional groups attached to an aromatic ring is 1. The Bertz CT molecular complexity index is 401. The lowest BCUT2D eigenvalue weighted by Crippen LogP contribution is -1.92. The molecule has 1 aliphatic heterocycles. The fraction of sp³-hybridized carbons (Fsp3) is 0.182. The maximum Gasteiger partial charge on any atom is 0.327 e. The van der Waals surface area contributed by atoms with Crippen molar-refractivity contribution in [2.24, 2.45) is 0 Å². The fourth-order valence-corrected chi connectivity index (χ4v) is 1.06. The quantitative estimate of drug-likeness (QED) is 0.558. The lowest BCUT2D eigenvalue weighted by Gasteiger charge is -1.94. The van der Waals surface area contributed by atoms with Crippen molar-refractivity contribution in [3.05, 3.63) is 30.4 Å². The summed E-state index contributed by atoms with van der Waals surface area (Å²) < 4.78 is 10.2. The van der Waals surface area contributed by atoms with Gasteiger partial charge in [0.05, 0.1) is 0 Å². The summed E-state index contributed by atoms with van der Waals surface area (Å²) in [5, 5.41) is 7.83. The van der Waals surface area contributed by atoms with E-state index in [2.05, 4.69) is 0 Å². The summed E-state index contributed by atoms with van der Waals surface area (Å²) in [6.45, 7) is 1.97. The van der Waals surface area contributed by atoms with Crippen LogP contribution >= 0.6 is 0 Å². The van der Waals surface area contributed by atoms with E-state index >= 15 is 0 Å². The number of nitrogens with two attached hydrogens (primary N) is 1. The monoisotopic (exact) mass is 223 g/mol. The largest absolute Gasteiger partial charge is 0.478 e. The first-order chi connectivity index (χ1) is 7.63. The molecule has 0 atom stereocenters. The average Bonchev–Trinajstić information content (AvgIpc) is 2.65. The molecule has 0 aromatic heterocycles. The fourth-order valence-electron chi connectivity index (χ4n) is 1.06. The lowest BCUT2D eigenvalue weighted by atomic mass is 10.3. The second kappa shape index (κ2) is 5.65. The van der Waals surface area contributed by atoms with Gasteiger partial charge in [0.2, 0.25) is 6.79 Å². The van der Waals surface area contributed by atoms with Crippen LogP contribution in [0.15, 0.2) is 30.4 Å². The van der Waals surface area contributed by atoms with Crippen LogP contribution in [0.5, 0.6) is 11.5 Å². The van der Waals surface area contributed by atoms with E-state index in [1.807, 2.05) is 0 Å². The van der Waals surface area contributed by atoms with Gasteiger partial charge in [0.15, 0.2) is 11.5 Å². The van der Waals surface area contributed by atoms with Gasteiger partial charge in [0, 0.05) is 17.8 Å². The number of anilines is 1. The third kappa shape index (κ3) is 3.53. The molecule has 1 aromatic carbocycles. The van der Waals surface area contributed by atoms with Crippen molar-refractivity contribution in [2.75, 3.05) is 12.5 Å². The normalized spacial score (nSPS) is 12.1. The van der Waals surface area contributed by atoms with E-state index in [-0.39, 0.29) is 0 Å². The van der Waals surface area contributed by atoms with Crippen molar-refractivity contribution in [3.8, 4) is 11.5 Å². The number of aliphatic carboxylic acids is 1. The third-order valence-corrected chi connectivity index (χ3v) is 1.71. The van der Waals surface area contributed by atoms with Gasteiger partial charge in [-0.05, 0) is 19.1 Å². The highest BCUT2D eigenvalue weighted by Gasteiger charge is 2.11. The van der Waals surface area contributed by atoms with Crippen LogP contribution in [0.25, 0.3) is 0 Å². The standard InChI is InChI=1S/C7H7NO2.C4H6O2/c8-5-1-2-6-7(3-5)10-4-9-6;1-2-3-4(5)6/h1-3H,4,8H2;2-3H,1H3,(H,5,6)/b;3-2+. The zero-order chi connectivity index (χ0) is 12.0. The van der Waals surface area contributed by atoms with Crippen molar-refractivity contribution in [1.82, 2.24) is 0 Å². The molecule has 0 radical (unpaired) electrons. The number of carboxylic acid groups (broad SMARTS) is 1. The van der Waals surface area contributed by atoms with Crippen LogP contribution in [0.1, 0.15) is 6.92 Å². The maximum absolute atomic E-state index is 9.51. The molecule has 86 valence electrons. The Hall–Kier alpha value is -2.17. The van der Waals surface area contributed by atoms with Crippen LogP contribution in [0.2, 0.25) is 0 Å². The average molecular weight is 223 g/mol. The predicted octanol–water partition coefficient (Wildman–Crippen LogP) is 1.64. The third-order valence-electron chi connectivity index (χ3n) is 1.71. The topological polar surface area (TPSA) is 81.8 Å². The van der Waals surface area contributed by atoms with Gasteiger partial charge in [-0.25, -0.2) is 4.79 Å². The Morgan fingerprint density at radius 1 is 1.44 bits per heavy atom. The second-order valence-electron chi connectivity index (χ2n) is 2.95. The zero-order valence-corrected chi connectivity index (χ0v) is 8.84. The molecule has 1 heterocycles. The molecule has 0 fully saturated rings. The van der Waals surface area contributed by atoms with Gasteiger partial charge in [0.1, 0.15) is 0 Å². The van der Waals surface area contributed by atoms with Crippen LogP contribution in [0.4, 0.5) is 5.69 Å². The Labute approximate surface area is 93.1 Å². The van der Waals surface area contributed by atoms with Gasteiger partial charge in [-0.1, -0.05) is 6.08 Å². The second-order valence-corrected chi connectivity index (χ2v) is 2.95. The molecule has 3 N–H and O–H groups in total. The highest BCUT2D eigenvalue weighted by atomic mass is 16.7. The number of hydrogen-bond acceptors (Lipinski definition) is 4. The van der Waals surface area contributed by atoms with E-state index in [1.54, 1.807) is 25.1 Å². The first kappa shape index (κ1) is 11.9. The van der Waals surface area contributed by atoms with Crippen LogP contribution < -0.4 is 15.2 Å². The number of hydrogen-bond donors (Lipinski definition) is 2. The van der Waals surface area contributed by atoms with Gasteiger partial charge in [-0.15, -0.1) is 0 Å². The maximum atomic E-state index is 9.51. The van der Waals surface area contributed by atoms with E-state index in [1.165, 1.54) is 6.08 Å². The molecule has 2 rings (SSSR count). The van der Waals surface area contributed by atoms with Gasteiger partial charge < -0.3 is 20.3 Å². The smallest absolute Gasteiger partial charge is 0.327 e. The van der Waals surface area contributed by atoms with Crippen molar-refractivity contribution in [3.63, 3.8) is 0 Å². The van der Waals surface area contributed by atoms with Crippen LogP contribution in [0, 0.1) is 0 Å². The molecule has 0 saturated heterocycles. The van der Waals surface area contributed by atoms with Gasteiger partial charge in [0.25, 0.3) is 0 Å². The number of carbonyl (C=O) groups is 1. The first-order valence-corrected chi connectivity index (χ1v) is 4.64. The van der Waals surface area contributed by atoms with Gasteiger partial charge in [-0.3, -0.25) is 0 Å². The Kier molecular flexibility index (Phi) is 4.20. The molecule has 5 nitrogen and oxygen atoms in total. The summed E-state index contributed by atoms with van der Waals surface area (Å²) >= 11 is 0. The highest BCUT2D eigenvalue weighted by Crippen LogP contribution is 2.32. The molecular formula is C11H13NO4. The molecule has 0 aliphatic carbocycles. The van der Waals surface area contributed by atoms with Crippen molar-refractivity contribution < 1.29 is 19.4 Å². The highest BCUT2D eigenvalue weighted by molar-refractivity contribution is 5.79. The number of benzene rings is 1. The SMILES string of the molecule is C/C=C/C(=O)O.Nc1ccc2c(c1)OCO2. The molecule has 0 spiro atoms.